The molecular formula is C13H22ClN3. The zero-order valence-electron chi connectivity index (χ0n) is 11.3. The molecule has 2 unspecified atom stereocenters. The maximum atomic E-state index is 6.08. The zero-order valence-corrected chi connectivity index (χ0v) is 12.1. The molecule has 0 fully saturated rings. The molecule has 2 atom stereocenters. The highest BCUT2D eigenvalue weighted by Crippen LogP contribution is 2.21. The minimum Gasteiger partial charge on any atom is -0.365 e. The topological polar surface area (TPSA) is 37.8 Å². The fourth-order valence-electron chi connectivity index (χ4n) is 1.73. The Labute approximate surface area is 109 Å². The average molecular weight is 256 g/mol. The van der Waals surface area contributed by atoms with Crippen LogP contribution in [0.2, 0.25) is 5.15 Å². The lowest BCUT2D eigenvalue weighted by atomic mass is 10.0. The van der Waals surface area contributed by atoms with Crippen LogP contribution in [-0.4, -0.2) is 16.0 Å². The monoisotopic (exact) mass is 255 g/mol. The van der Waals surface area contributed by atoms with E-state index in [4.69, 9.17) is 11.6 Å². The van der Waals surface area contributed by atoms with Crippen molar-refractivity contribution >= 4 is 17.4 Å². The fourth-order valence-corrected chi connectivity index (χ4v) is 1.95. The number of hydrogen-bond donors (Lipinski definition) is 1. The van der Waals surface area contributed by atoms with Crippen LogP contribution in [0.3, 0.4) is 0 Å². The van der Waals surface area contributed by atoms with Crippen LogP contribution in [0.4, 0.5) is 5.82 Å². The number of anilines is 1. The summed E-state index contributed by atoms with van der Waals surface area (Å²) in [6.07, 6.45) is 2.31. The molecular weight excluding hydrogens is 234 g/mol. The van der Waals surface area contributed by atoms with E-state index >= 15 is 0 Å². The van der Waals surface area contributed by atoms with Crippen molar-refractivity contribution in [3.05, 3.63) is 16.5 Å². The molecule has 0 aliphatic carbocycles. The van der Waals surface area contributed by atoms with Gasteiger partial charge in [0.05, 0.1) is 11.4 Å². The number of halogens is 1. The Hall–Kier alpha value is -0.830. The van der Waals surface area contributed by atoms with Crippen molar-refractivity contribution in [2.24, 2.45) is 5.92 Å². The second-order valence-corrected chi connectivity index (χ2v) is 5.19. The van der Waals surface area contributed by atoms with Crippen LogP contribution in [0.1, 0.15) is 45.0 Å². The lowest BCUT2D eigenvalue weighted by Crippen LogP contribution is -2.20. The summed E-state index contributed by atoms with van der Waals surface area (Å²) in [4.78, 5) is 8.71. The van der Waals surface area contributed by atoms with Crippen molar-refractivity contribution in [3.8, 4) is 0 Å². The van der Waals surface area contributed by atoms with E-state index in [2.05, 4.69) is 36.1 Å². The summed E-state index contributed by atoms with van der Waals surface area (Å²) in [6.45, 7) is 10.5. The van der Waals surface area contributed by atoms with Crippen LogP contribution in [0.5, 0.6) is 0 Å². The van der Waals surface area contributed by atoms with Crippen molar-refractivity contribution in [1.29, 1.82) is 0 Å². The molecule has 0 bridgehead atoms. The smallest absolute Gasteiger partial charge is 0.171 e. The maximum absolute atomic E-state index is 6.08. The molecule has 0 aliphatic heterocycles. The Kier molecular flexibility index (Phi) is 5.19. The SMILES string of the molecule is CCC(C)CC(C)Nc1nc(C)c(C)nc1Cl. The van der Waals surface area contributed by atoms with Gasteiger partial charge in [0.15, 0.2) is 11.0 Å². The van der Waals surface area contributed by atoms with E-state index in [1.807, 2.05) is 13.8 Å². The van der Waals surface area contributed by atoms with Crippen LogP contribution in [0.15, 0.2) is 0 Å². The fraction of sp³-hybridized carbons (Fsp3) is 0.692. The summed E-state index contributed by atoms with van der Waals surface area (Å²) in [6, 6.07) is 0.360. The van der Waals surface area contributed by atoms with Gasteiger partial charge in [0.25, 0.3) is 0 Å². The van der Waals surface area contributed by atoms with Gasteiger partial charge in [-0.15, -0.1) is 0 Å². The van der Waals surface area contributed by atoms with Crippen LogP contribution < -0.4 is 5.32 Å². The van der Waals surface area contributed by atoms with Gasteiger partial charge in [-0.25, -0.2) is 9.97 Å². The summed E-state index contributed by atoms with van der Waals surface area (Å²) in [5.74, 6) is 1.40. The molecule has 1 aromatic heterocycles. The molecule has 1 N–H and O–H groups in total. The Bertz CT molecular complexity index is 379. The number of nitrogens with zero attached hydrogens (tertiary/aromatic N) is 2. The highest BCUT2D eigenvalue weighted by atomic mass is 35.5. The molecule has 17 heavy (non-hydrogen) atoms. The molecule has 0 radical (unpaired) electrons. The Morgan fingerprint density at radius 3 is 2.35 bits per heavy atom. The van der Waals surface area contributed by atoms with Crippen LogP contribution in [-0.2, 0) is 0 Å². The second-order valence-electron chi connectivity index (χ2n) is 4.83. The largest absolute Gasteiger partial charge is 0.365 e. The minimum atomic E-state index is 0.360. The standard InChI is InChI=1S/C13H22ClN3/c1-6-8(2)7-9(3)15-13-12(14)16-10(4)11(5)17-13/h8-9H,6-7H2,1-5H3,(H,15,17). The zero-order chi connectivity index (χ0) is 13.0. The third-order valence-corrected chi connectivity index (χ3v) is 3.36. The molecule has 0 aromatic carbocycles. The first-order valence-corrected chi connectivity index (χ1v) is 6.59. The van der Waals surface area contributed by atoms with E-state index in [9.17, 15) is 0 Å². The molecule has 1 heterocycles. The molecule has 3 nitrogen and oxygen atoms in total. The van der Waals surface area contributed by atoms with Gasteiger partial charge in [0.1, 0.15) is 0 Å². The molecule has 96 valence electrons. The number of aryl methyl sites for hydroxylation is 2. The number of hydrogen-bond acceptors (Lipinski definition) is 3. The predicted molar refractivity (Wildman–Crippen MR) is 73.7 cm³/mol. The Balaban J connectivity index is 2.71. The number of nitrogens with one attached hydrogen (secondary N) is 1. The lowest BCUT2D eigenvalue weighted by molar-refractivity contribution is 0.483. The summed E-state index contributed by atoms with van der Waals surface area (Å²) < 4.78 is 0. The van der Waals surface area contributed by atoms with Crippen LogP contribution >= 0.6 is 11.6 Å². The van der Waals surface area contributed by atoms with E-state index in [0.717, 1.165) is 17.8 Å². The van der Waals surface area contributed by atoms with Gasteiger partial charge in [-0.2, -0.15) is 0 Å². The van der Waals surface area contributed by atoms with Gasteiger partial charge in [-0.05, 0) is 33.1 Å². The van der Waals surface area contributed by atoms with Crippen molar-refractivity contribution in [3.63, 3.8) is 0 Å². The molecule has 0 aliphatic rings. The highest BCUT2D eigenvalue weighted by molar-refractivity contribution is 6.31. The minimum absolute atomic E-state index is 0.360. The van der Waals surface area contributed by atoms with Crippen molar-refractivity contribution in [2.45, 2.75) is 53.5 Å². The summed E-state index contributed by atoms with van der Waals surface area (Å²) in [5.41, 5.74) is 1.81. The van der Waals surface area contributed by atoms with E-state index in [1.165, 1.54) is 6.42 Å². The first-order chi connectivity index (χ1) is 7.93. The van der Waals surface area contributed by atoms with E-state index in [-0.39, 0.29) is 0 Å². The number of rotatable bonds is 5. The van der Waals surface area contributed by atoms with Crippen molar-refractivity contribution < 1.29 is 0 Å². The van der Waals surface area contributed by atoms with Crippen molar-refractivity contribution in [2.75, 3.05) is 5.32 Å². The summed E-state index contributed by atoms with van der Waals surface area (Å²) in [5, 5.41) is 3.80. The summed E-state index contributed by atoms with van der Waals surface area (Å²) in [7, 11) is 0. The third kappa shape index (κ3) is 4.15. The normalized spacial score (nSPS) is 14.5. The van der Waals surface area contributed by atoms with Crippen LogP contribution in [0, 0.1) is 19.8 Å². The summed E-state index contributed by atoms with van der Waals surface area (Å²) >= 11 is 6.08. The third-order valence-electron chi connectivity index (χ3n) is 3.10. The lowest BCUT2D eigenvalue weighted by Gasteiger charge is -2.19. The van der Waals surface area contributed by atoms with Gasteiger partial charge in [-0.3, -0.25) is 0 Å². The van der Waals surface area contributed by atoms with E-state index < -0.39 is 0 Å². The number of aromatic nitrogens is 2. The Morgan fingerprint density at radius 2 is 1.76 bits per heavy atom. The average Bonchev–Trinajstić information content (AvgIpc) is 2.25. The first-order valence-electron chi connectivity index (χ1n) is 6.21. The molecule has 0 amide bonds. The maximum Gasteiger partial charge on any atom is 0.171 e. The highest BCUT2D eigenvalue weighted by Gasteiger charge is 2.12. The van der Waals surface area contributed by atoms with Gasteiger partial charge in [0.2, 0.25) is 0 Å². The van der Waals surface area contributed by atoms with Gasteiger partial charge in [-0.1, -0.05) is 31.9 Å². The first kappa shape index (κ1) is 14.2. The molecule has 1 rings (SSSR count). The molecule has 0 spiro atoms. The second kappa shape index (κ2) is 6.20. The molecule has 1 aromatic rings. The Morgan fingerprint density at radius 1 is 1.18 bits per heavy atom. The van der Waals surface area contributed by atoms with Gasteiger partial charge < -0.3 is 5.32 Å². The van der Waals surface area contributed by atoms with Gasteiger partial charge >= 0.3 is 0 Å². The quantitative estimate of drug-likeness (QED) is 0.865. The van der Waals surface area contributed by atoms with E-state index in [1.54, 1.807) is 0 Å². The van der Waals surface area contributed by atoms with E-state index in [0.29, 0.717) is 22.9 Å². The molecule has 0 saturated heterocycles. The van der Waals surface area contributed by atoms with Gasteiger partial charge in [0, 0.05) is 6.04 Å². The molecule has 4 heteroatoms. The predicted octanol–water partition coefficient (Wildman–Crippen LogP) is 3.98. The van der Waals surface area contributed by atoms with Crippen molar-refractivity contribution in [1.82, 2.24) is 9.97 Å². The van der Waals surface area contributed by atoms with Crippen LogP contribution in [0.25, 0.3) is 0 Å². The molecule has 0 saturated carbocycles.